The maximum atomic E-state index is 13.1. The van der Waals surface area contributed by atoms with E-state index >= 15 is 0 Å². The van der Waals surface area contributed by atoms with E-state index in [9.17, 15) is 9.59 Å². The molecule has 0 fully saturated rings. The number of carbonyl (C=O) groups excluding carboxylic acids is 2. The van der Waals surface area contributed by atoms with Crippen LogP contribution in [0.1, 0.15) is 44.0 Å². The number of nitrogen functional groups attached to an aromatic ring is 2. The Hall–Kier alpha value is -3.52. The number of nitrogens with zero attached hydrogens (tertiary/aromatic N) is 3. The molecule has 0 spiro atoms. The van der Waals surface area contributed by atoms with Gasteiger partial charge in [0.15, 0.2) is 11.9 Å². The molecule has 14 heteroatoms. The Labute approximate surface area is 228 Å². The highest BCUT2D eigenvalue weighted by Crippen LogP contribution is 2.42. The lowest BCUT2D eigenvalue weighted by Gasteiger charge is -2.37. The van der Waals surface area contributed by atoms with E-state index in [4.69, 9.17) is 11.5 Å². The summed E-state index contributed by atoms with van der Waals surface area (Å²) in [7, 11) is 1.81. The number of H-pyrrole nitrogens is 3. The van der Waals surface area contributed by atoms with E-state index in [2.05, 4.69) is 67.4 Å². The Morgan fingerprint density at radius 2 is 1.89 bits per heavy atom. The normalized spacial score (nSPS) is 18.9. The van der Waals surface area contributed by atoms with E-state index in [-0.39, 0.29) is 35.5 Å². The Morgan fingerprint density at radius 3 is 2.54 bits per heavy atom. The fraction of sp³-hybridized carbons (Fsp3) is 0.304. The lowest BCUT2D eigenvalue weighted by Crippen LogP contribution is -2.44. The molecule has 1 aliphatic carbocycles. The second-order valence-corrected chi connectivity index (χ2v) is 10.9. The minimum atomic E-state index is -0.288. The molecule has 0 aromatic carbocycles. The van der Waals surface area contributed by atoms with Crippen LogP contribution in [0.5, 0.6) is 0 Å². The molecular formula is C23H26Br2N10O2. The number of nitrogens with one attached hydrogen (secondary N) is 5. The molecule has 0 aliphatic heterocycles. The van der Waals surface area contributed by atoms with Crippen molar-refractivity contribution >= 4 is 55.6 Å². The number of carbonyl (C=O) groups is 2. The van der Waals surface area contributed by atoms with Gasteiger partial charge >= 0.3 is 0 Å². The van der Waals surface area contributed by atoms with Crippen LogP contribution < -0.4 is 22.1 Å². The average molecular weight is 634 g/mol. The Balaban J connectivity index is 1.44. The first-order valence-electron chi connectivity index (χ1n) is 11.6. The number of aryl methyl sites for hydroxylation is 1. The fourth-order valence-corrected chi connectivity index (χ4v) is 5.88. The minimum absolute atomic E-state index is 0.0651. The number of nitrogens with two attached hydrogens (primary N) is 2. The molecule has 0 radical (unpaired) electrons. The largest absolute Gasteiger partial charge is 0.369 e. The summed E-state index contributed by atoms with van der Waals surface area (Å²) in [4.78, 5) is 43.9. The molecule has 4 aromatic heterocycles. The number of hydrogen-bond acceptors (Lipinski definition) is 6. The Bertz CT molecular complexity index is 1450. The van der Waals surface area contributed by atoms with Crippen LogP contribution in [0.3, 0.4) is 0 Å². The molecule has 0 saturated carbocycles. The number of imidazole rings is 2. The van der Waals surface area contributed by atoms with Gasteiger partial charge in [-0.2, -0.15) is 0 Å². The molecule has 4 heterocycles. The van der Waals surface area contributed by atoms with Gasteiger partial charge in [0.1, 0.15) is 11.4 Å². The number of rotatable bonds is 7. The van der Waals surface area contributed by atoms with E-state index in [1.54, 1.807) is 29.0 Å². The van der Waals surface area contributed by atoms with E-state index in [0.717, 1.165) is 26.2 Å². The smallest absolute Gasteiger partial charge is 0.267 e. The van der Waals surface area contributed by atoms with Crippen molar-refractivity contribution in [3.05, 3.63) is 68.1 Å². The Kier molecular flexibility index (Phi) is 6.86. The summed E-state index contributed by atoms with van der Waals surface area (Å²) < 4.78 is 3.29. The van der Waals surface area contributed by atoms with Crippen molar-refractivity contribution < 1.29 is 9.59 Å². The minimum Gasteiger partial charge on any atom is -0.369 e. The van der Waals surface area contributed by atoms with Crippen molar-refractivity contribution in [2.75, 3.05) is 24.6 Å². The van der Waals surface area contributed by atoms with Gasteiger partial charge in [0.2, 0.25) is 0 Å². The number of halogens is 2. The first-order chi connectivity index (χ1) is 17.7. The molecule has 37 heavy (non-hydrogen) atoms. The highest BCUT2D eigenvalue weighted by Gasteiger charge is 2.41. The van der Waals surface area contributed by atoms with Gasteiger partial charge in [-0.1, -0.05) is 0 Å². The molecule has 194 valence electrons. The molecule has 12 nitrogen and oxygen atoms in total. The van der Waals surface area contributed by atoms with Gasteiger partial charge in [0.05, 0.1) is 16.5 Å². The zero-order chi connectivity index (χ0) is 26.3. The lowest BCUT2D eigenvalue weighted by atomic mass is 9.71. The molecule has 0 saturated heterocycles. The van der Waals surface area contributed by atoms with Crippen molar-refractivity contribution in [1.82, 2.24) is 40.1 Å². The molecule has 0 bridgehead atoms. The van der Waals surface area contributed by atoms with Crippen molar-refractivity contribution in [3.63, 3.8) is 0 Å². The maximum absolute atomic E-state index is 13.1. The summed E-state index contributed by atoms with van der Waals surface area (Å²) in [5, 5.41) is 6.11. The fourth-order valence-electron chi connectivity index (χ4n) is 5.01. The van der Waals surface area contributed by atoms with E-state index < -0.39 is 0 Å². The third kappa shape index (κ3) is 5.16. The summed E-state index contributed by atoms with van der Waals surface area (Å²) >= 11 is 6.74. The van der Waals surface area contributed by atoms with Crippen molar-refractivity contribution in [2.45, 2.75) is 12.3 Å². The third-order valence-electron chi connectivity index (χ3n) is 6.70. The number of aromatic nitrogens is 6. The maximum Gasteiger partial charge on any atom is 0.267 e. The van der Waals surface area contributed by atoms with Gasteiger partial charge in [-0.05, 0) is 68.3 Å². The molecule has 1 aliphatic rings. The number of anilines is 2. The van der Waals surface area contributed by atoms with Crippen LogP contribution in [0.25, 0.3) is 0 Å². The van der Waals surface area contributed by atoms with Crippen molar-refractivity contribution in [3.8, 4) is 0 Å². The molecule has 2 amide bonds. The standard InChI is InChI=1S/C23H26Br2N10O2/c1-35-9-11(24)5-16(35)21(37)29-7-12-10(6-28-20(36)13-2-3-17(25)31-13)4-14-19(34-23(27)32-14)18(12)15-8-30-22(26)33-15/h2-3,5,8-10,12,18,31H,4,6-7H2,1H3,(H,28,36)(H,29,37)(H3,26,30,33)(H3,27,32,34)/t10-,12-,18-/m1/s1. The number of fused-ring (bicyclic) bond motifs is 1. The molecule has 3 atom stereocenters. The second-order valence-electron chi connectivity index (χ2n) is 9.11. The van der Waals surface area contributed by atoms with Gasteiger partial charge < -0.3 is 41.6 Å². The van der Waals surface area contributed by atoms with E-state index in [0.29, 0.717) is 36.8 Å². The highest BCUT2D eigenvalue weighted by atomic mass is 79.9. The zero-order valence-corrected chi connectivity index (χ0v) is 23.0. The number of aromatic amines is 3. The topological polar surface area (TPSA) is 188 Å². The Morgan fingerprint density at radius 1 is 1.11 bits per heavy atom. The summed E-state index contributed by atoms with van der Waals surface area (Å²) in [5.74, 6) is -0.349. The van der Waals surface area contributed by atoms with E-state index in [1.165, 1.54) is 0 Å². The van der Waals surface area contributed by atoms with Crippen molar-refractivity contribution in [1.29, 1.82) is 0 Å². The van der Waals surface area contributed by atoms with Gasteiger partial charge in [-0.25, -0.2) is 9.97 Å². The molecule has 9 N–H and O–H groups in total. The zero-order valence-electron chi connectivity index (χ0n) is 19.8. The predicted molar refractivity (Wildman–Crippen MR) is 145 cm³/mol. The second kappa shape index (κ2) is 10.1. The van der Waals surface area contributed by atoms with Crippen LogP contribution in [-0.2, 0) is 13.5 Å². The van der Waals surface area contributed by atoms with Gasteiger partial charge in [-0.3, -0.25) is 9.59 Å². The summed E-state index contributed by atoms with van der Waals surface area (Å²) in [6.07, 6.45) is 4.08. The highest BCUT2D eigenvalue weighted by molar-refractivity contribution is 9.10. The van der Waals surface area contributed by atoms with Gasteiger partial charge in [0.25, 0.3) is 11.8 Å². The monoisotopic (exact) mass is 632 g/mol. The first-order valence-corrected chi connectivity index (χ1v) is 13.2. The van der Waals surface area contributed by atoms with Crippen LogP contribution in [0.4, 0.5) is 11.9 Å². The first kappa shape index (κ1) is 25.1. The van der Waals surface area contributed by atoms with Crippen LogP contribution in [-0.4, -0.2) is 54.4 Å². The lowest BCUT2D eigenvalue weighted by molar-refractivity contribution is 0.0904. The molecule has 4 aromatic rings. The molecule has 5 rings (SSSR count). The van der Waals surface area contributed by atoms with Gasteiger partial charge in [-0.15, -0.1) is 0 Å². The quantitative estimate of drug-likeness (QED) is 0.163. The SMILES string of the molecule is Cn1cc(Br)cc1C(=O)NC[C@@H]1[C@@H](CNC(=O)c2ccc(Br)[nH]2)Cc2[nH]c(N)nc2[C@H]1c1cnc(N)[nH]1. The summed E-state index contributed by atoms with van der Waals surface area (Å²) in [6.45, 7) is 0.691. The van der Waals surface area contributed by atoms with Crippen molar-refractivity contribution in [2.24, 2.45) is 18.9 Å². The van der Waals surface area contributed by atoms with Crippen LogP contribution in [0.2, 0.25) is 0 Å². The average Bonchev–Trinajstić information content (AvgIpc) is 3.62. The molecule has 0 unspecified atom stereocenters. The number of hydrogen-bond donors (Lipinski definition) is 7. The van der Waals surface area contributed by atoms with Gasteiger partial charge in [0, 0.05) is 48.1 Å². The molecular weight excluding hydrogens is 608 g/mol. The van der Waals surface area contributed by atoms with Crippen LogP contribution in [0, 0.1) is 11.8 Å². The predicted octanol–water partition coefficient (Wildman–Crippen LogP) is 2.27. The van der Waals surface area contributed by atoms with Crippen LogP contribution in [0.15, 0.2) is 39.7 Å². The summed E-state index contributed by atoms with van der Waals surface area (Å²) in [5.41, 5.74) is 15.3. The summed E-state index contributed by atoms with van der Waals surface area (Å²) in [6, 6.07) is 5.25. The van der Waals surface area contributed by atoms with Crippen LogP contribution >= 0.6 is 31.9 Å². The number of amides is 2. The third-order valence-corrected chi connectivity index (χ3v) is 7.59. The van der Waals surface area contributed by atoms with E-state index in [1.807, 2.05) is 13.2 Å².